The molecule has 0 amide bonds. The second kappa shape index (κ2) is 5.86. The first-order valence-corrected chi connectivity index (χ1v) is 6.54. The number of aryl methyl sites for hydroxylation is 1. The minimum Gasteiger partial charge on any atom is -0.339 e. The van der Waals surface area contributed by atoms with Crippen molar-refractivity contribution in [2.75, 3.05) is 10.7 Å². The Bertz CT molecular complexity index is 660. The number of alkyl halides is 3. The molecule has 4 N–H and O–H groups in total. The van der Waals surface area contributed by atoms with Gasteiger partial charge in [-0.05, 0) is 40.5 Å². The van der Waals surface area contributed by atoms with Crippen LogP contribution in [0.4, 0.5) is 30.5 Å². The molecule has 1 aromatic carbocycles. The molecule has 0 saturated heterocycles. The van der Waals surface area contributed by atoms with Gasteiger partial charge in [0.05, 0.1) is 5.56 Å². The molecule has 9 heteroatoms. The van der Waals surface area contributed by atoms with Crippen LogP contribution in [0, 0.1) is 6.92 Å². The summed E-state index contributed by atoms with van der Waals surface area (Å²) in [6.45, 7) is 1.41. The summed E-state index contributed by atoms with van der Waals surface area (Å²) >= 11 is 3.22. The van der Waals surface area contributed by atoms with Gasteiger partial charge in [-0.25, -0.2) is 15.8 Å². The Kier molecular flexibility index (Phi) is 4.33. The van der Waals surface area contributed by atoms with Crippen LogP contribution >= 0.6 is 15.9 Å². The lowest BCUT2D eigenvalue weighted by molar-refractivity contribution is -0.138. The first-order chi connectivity index (χ1) is 9.82. The zero-order valence-corrected chi connectivity index (χ0v) is 12.4. The summed E-state index contributed by atoms with van der Waals surface area (Å²) in [6.07, 6.45) is -3.17. The van der Waals surface area contributed by atoms with Gasteiger partial charge in [0.2, 0.25) is 0 Å². The molecular weight excluding hydrogens is 351 g/mol. The highest BCUT2D eigenvalue weighted by molar-refractivity contribution is 9.10. The quantitative estimate of drug-likeness (QED) is 0.575. The lowest BCUT2D eigenvalue weighted by atomic mass is 10.1. The van der Waals surface area contributed by atoms with Crippen LogP contribution in [-0.2, 0) is 6.18 Å². The van der Waals surface area contributed by atoms with Crippen LogP contribution in [0.2, 0.25) is 0 Å². The topological polar surface area (TPSA) is 75.9 Å². The fourth-order valence-corrected chi connectivity index (χ4v) is 2.12. The Hall–Kier alpha value is -1.87. The molecule has 21 heavy (non-hydrogen) atoms. The number of hydrogen-bond donors (Lipinski definition) is 3. The van der Waals surface area contributed by atoms with Crippen LogP contribution < -0.4 is 16.6 Å². The summed E-state index contributed by atoms with van der Waals surface area (Å²) < 4.78 is 39.0. The predicted molar refractivity (Wildman–Crippen MR) is 77.0 cm³/mol. The molecule has 1 heterocycles. The average Bonchev–Trinajstić information content (AvgIpc) is 2.42. The number of hydrogen-bond acceptors (Lipinski definition) is 5. The number of nitrogens with two attached hydrogens (primary N) is 1. The number of nitrogens with one attached hydrogen (secondary N) is 2. The fourth-order valence-electron chi connectivity index (χ4n) is 1.70. The third-order valence-electron chi connectivity index (χ3n) is 2.73. The van der Waals surface area contributed by atoms with E-state index >= 15 is 0 Å². The van der Waals surface area contributed by atoms with E-state index in [0.717, 1.165) is 6.07 Å². The minimum atomic E-state index is -4.41. The Balaban J connectivity index is 2.37. The smallest absolute Gasteiger partial charge is 0.339 e. The molecule has 1 aromatic heterocycles. The Morgan fingerprint density at radius 1 is 1.19 bits per heavy atom. The lowest BCUT2D eigenvalue weighted by Gasteiger charge is -2.14. The van der Waals surface area contributed by atoms with Gasteiger partial charge in [-0.2, -0.15) is 13.2 Å². The summed E-state index contributed by atoms with van der Waals surface area (Å²) in [5.74, 6) is 5.88. The summed E-state index contributed by atoms with van der Waals surface area (Å²) in [5, 5.41) is 2.79. The van der Waals surface area contributed by atoms with Crippen molar-refractivity contribution in [1.29, 1.82) is 0 Å². The molecule has 0 atom stereocenters. The molecule has 0 radical (unpaired) electrons. The highest BCUT2D eigenvalue weighted by Gasteiger charge is 2.32. The Morgan fingerprint density at radius 3 is 2.48 bits per heavy atom. The largest absolute Gasteiger partial charge is 0.416 e. The van der Waals surface area contributed by atoms with Crippen molar-refractivity contribution in [3.05, 3.63) is 40.1 Å². The number of nitrogens with zero attached hydrogens (tertiary/aromatic N) is 2. The average molecular weight is 362 g/mol. The van der Waals surface area contributed by atoms with E-state index in [9.17, 15) is 13.2 Å². The molecule has 0 fully saturated rings. The van der Waals surface area contributed by atoms with Gasteiger partial charge in [0.1, 0.15) is 16.6 Å². The van der Waals surface area contributed by atoms with Gasteiger partial charge in [-0.1, -0.05) is 6.07 Å². The fraction of sp³-hybridized carbons (Fsp3) is 0.167. The molecule has 2 rings (SSSR count). The predicted octanol–water partition coefficient (Wildman–Crippen LogP) is 3.60. The van der Waals surface area contributed by atoms with Crippen LogP contribution in [0.5, 0.6) is 0 Å². The number of nitrogen functional groups attached to an aromatic ring is 1. The maximum Gasteiger partial charge on any atom is 0.416 e. The van der Waals surface area contributed by atoms with Crippen LogP contribution in [0.15, 0.2) is 29.0 Å². The first-order valence-electron chi connectivity index (χ1n) is 5.75. The third kappa shape index (κ3) is 3.42. The second-order valence-corrected chi connectivity index (χ2v) is 4.97. The van der Waals surface area contributed by atoms with E-state index in [0.29, 0.717) is 16.1 Å². The van der Waals surface area contributed by atoms with Gasteiger partial charge in [-0.15, -0.1) is 0 Å². The van der Waals surface area contributed by atoms with E-state index in [-0.39, 0.29) is 11.3 Å². The van der Waals surface area contributed by atoms with Crippen LogP contribution in [0.3, 0.4) is 0 Å². The van der Waals surface area contributed by atoms with Crippen molar-refractivity contribution in [2.45, 2.75) is 13.1 Å². The molecule has 5 nitrogen and oxygen atoms in total. The van der Waals surface area contributed by atoms with E-state index in [4.69, 9.17) is 5.84 Å². The maximum absolute atomic E-state index is 12.9. The molecule has 0 aliphatic carbocycles. The number of anilines is 3. The van der Waals surface area contributed by atoms with Crippen molar-refractivity contribution in [2.24, 2.45) is 5.84 Å². The molecule has 0 saturated carbocycles. The van der Waals surface area contributed by atoms with E-state index in [1.165, 1.54) is 25.4 Å². The lowest BCUT2D eigenvalue weighted by Crippen LogP contribution is -2.11. The van der Waals surface area contributed by atoms with Gasteiger partial charge in [-0.3, -0.25) is 0 Å². The molecule has 2 aromatic rings. The Morgan fingerprint density at radius 2 is 1.86 bits per heavy atom. The van der Waals surface area contributed by atoms with Gasteiger partial charge in [0.15, 0.2) is 5.82 Å². The van der Waals surface area contributed by atoms with E-state index in [1.54, 1.807) is 0 Å². The van der Waals surface area contributed by atoms with E-state index in [1.807, 2.05) is 0 Å². The van der Waals surface area contributed by atoms with Gasteiger partial charge in [0, 0.05) is 5.69 Å². The number of halogens is 4. The standard InChI is InChI=1S/C12H11BrF3N5/c1-6-2-3-7(4-8(6)12(14,15)16)20-10-9(13)11(21-17)19-5-18-10/h2-5H,17H2,1H3,(H2,18,19,20,21). The summed E-state index contributed by atoms with van der Waals surface area (Å²) in [7, 11) is 0. The van der Waals surface area contributed by atoms with Crippen molar-refractivity contribution in [3.8, 4) is 0 Å². The SMILES string of the molecule is Cc1ccc(Nc2ncnc(NN)c2Br)cc1C(F)(F)F. The Labute approximate surface area is 126 Å². The monoisotopic (exact) mass is 361 g/mol. The van der Waals surface area contributed by atoms with Crippen molar-refractivity contribution < 1.29 is 13.2 Å². The number of rotatable bonds is 3. The van der Waals surface area contributed by atoms with Gasteiger partial charge in [0.25, 0.3) is 0 Å². The van der Waals surface area contributed by atoms with E-state index in [2.05, 4.69) is 36.6 Å². The summed E-state index contributed by atoms with van der Waals surface area (Å²) in [6, 6.07) is 3.95. The molecule has 112 valence electrons. The maximum atomic E-state index is 12.9. The van der Waals surface area contributed by atoms with Crippen molar-refractivity contribution in [3.63, 3.8) is 0 Å². The van der Waals surface area contributed by atoms with Crippen LogP contribution in [-0.4, -0.2) is 9.97 Å². The number of aromatic nitrogens is 2. The molecule has 0 bridgehead atoms. The minimum absolute atomic E-state index is 0.152. The summed E-state index contributed by atoms with van der Waals surface area (Å²) in [5.41, 5.74) is 2.06. The van der Waals surface area contributed by atoms with Crippen molar-refractivity contribution >= 4 is 33.3 Å². The zero-order valence-electron chi connectivity index (χ0n) is 10.8. The zero-order chi connectivity index (χ0) is 15.6. The van der Waals surface area contributed by atoms with Crippen LogP contribution in [0.25, 0.3) is 0 Å². The van der Waals surface area contributed by atoms with E-state index < -0.39 is 11.7 Å². The third-order valence-corrected chi connectivity index (χ3v) is 3.48. The van der Waals surface area contributed by atoms with Gasteiger partial charge < -0.3 is 10.7 Å². The van der Waals surface area contributed by atoms with Gasteiger partial charge >= 0.3 is 6.18 Å². The number of benzene rings is 1. The molecule has 0 unspecified atom stereocenters. The normalized spacial score (nSPS) is 11.3. The van der Waals surface area contributed by atoms with Crippen LogP contribution in [0.1, 0.15) is 11.1 Å². The molecule has 0 aliphatic rings. The number of hydrazine groups is 1. The van der Waals surface area contributed by atoms with Crippen molar-refractivity contribution in [1.82, 2.24) is 9.97 Å². The molecular formula is C12H11BrF3N5. The summed E-state index contributed by atoms with van der Waals surface area (Å²) in [4.78, 5) is 7.81. The first kappa shape index (κ1) is 15.5. The second-order valence-electron chi connectivity index (χ2n) is 4.18. The molecule has 0 aliphatic heterocycles. The highest BCUT2D eigenvalue weighted by atomic mass is 79.9. The molecule has 0 spiro atoms. The highest BCUT2D eigenvalue weighted by Crippen LogP contribution is 2.35.